The highest BCUT2D eigenvalue weighted by Gasteiger charge is 2.33. The number of hydrogen-bond donors (Lipinski definition) is 0. The number of amides is 2. The first-order chi connectivity index (χ1) is 21.1. The molecular formula is C34H41N7O3. The first-order valence-corrected chi connectivity index (χ1v) is 15.5. The standard InChI is InChI=1S/C34H41N7O3/c1-24(42)37-14-16-39(17-15-37)32-28(22-35)29-23-41(30-11-7-9-25-8-5-6-10-26(25)30)13-12-27(29)31(36-32)38-18-20-40(21-19-38)33(43)44-34(2,3)4/h5-11H,12-21,23H2,1-4H3. The van der Waals surface area contributed by atoms with Crippen molar-refractivity contribution in [2.45, 2.75) is 46.3 Å². The lowest BCUT2D eigenvalue weighted by Crippen LogP contribution is -2.51. The van der Waals surface area contributed by atoms with Gasteiger partial charge in [-0.2, -0.15) is 5.26 Å². The van der Waals surface area contributed by atoms with Crippen LogP contribution in [0.2, 0.25) is 0 Å². The molecule has 4 heterocycles. The minimum Gasteiger partial charge on any atom is -0.444 e. The monoisotopic (exact) mass is 595 g/mol. The Morgan fingerprint density at radius 2 is 1.43 bits per heavy atom. The summed E-state index contributed by atoms with van der Waals surface area (Å²) in [6.45, 7) is 13.5. The Balaban J connectivity index is 1.35. The molecule has 3 aliphatic heterocycles. The smallest absolute Gasteiger partial charge is 0.410 e. The third-order valence-electron chi connectivity index (χ3n) is 8.83. The Kier molecular flexibility index (Phi) is 7.97. The molecule has 6 rings (SSSR count). The van der Waals surface area contributed by atoms with E-state index in [-0.39, 0.29) is 12.0 Å². The molecular weight excluding hydrogens is 554 g/mol. The van der Waals surface area contributed by atoms with E-state index < -0.39 is 5.60 Å². The topological polar surface area (TPSA) is 96.3 Å². The van der Waals surface area contributed by atoms with Gasteiger partial charge in [-0.25, -0.2) is 9.78 Å². The van der Waals surface area contributed by atoms with Crippen LogP contribution >= 0.6 is 0 Å². The van der Waals surface area contributed by atoms with Crippen LogP contribution in [0.15, 0.2) is 42.5 Å². The maximum Gasteiger partial charge on any atom is 0.410 e. The largest absolute Gasteiger partial charge is 0.444 e. The van der Waals surface area contributed by atoms with E-state index >= 15 is 0 Å². The van der Waals surface area contributed by atoms with E-state index in [9.17, 15) is 14.9 Å². The van der Waals surface area contributed by atoms with Crippen LogP contribution in [0.3, 0.4) is 0 Å². The highest BCUT2D eigenvalue weighted by Crippen LogP contribution is 2.38. The molecule has 0 atom stereocenters. The van der Waals surface area contributed by atoms with Crippen LogP contribution in [0, 0.1) is 11.3 Å². The van der Waals surface area contributed by atoms with Gasteiger partial charge in [-0.3, -0.25) is 4.79 Å². The number of piperazine rings is 2. The molecule has 0 saturated carbocycles. The lowest BCUT2D eigenvalue weighted by molar-refractivity contribution is -0.129. The number of aromatic nitrogens is 1. The number of rotatable bonds is 3. The van der Waals surface area contributed by atoms with Gasteiger partial charge in [0.25, 0.3) is 0 Å². The number of pyridine rings is 1. The Morgan fingerprint density at radius 1 is 0.795 bits per heavy atom. The van der Waals surface area contributed by atoms with Gasteiger partial charge in [0.05, 0.1) is 5.56 Å². The van der Waals surface area contributed by atoms with Crippen molar-refractivity contribution in [2.24, 2.45) is 0 Å². The molecule has 0 unspecified atom stereocenters. The van der Waals surface area contributed by atoms with Crippen LogP contribution in [0.1, 0.15) is 44.4 Å². The molecule has 2 saturated heterocycles. The number of nitrogens with zero attached hydrogens (tertiary/aromatic N) is 7. The summed E-state index contributed by atoms with van der Waals surface area (Å²) in [6, 6.07) is 17.4. The maximum absolute atomic E-state index is 12.8. The quantitative estimate of drug-likeness (QED) is 0.440. The summed E-state index contributed by atoms with van der Waals surface area (Å²) in [4.78, 5) is 40.4. The summed E-state index contributed by atoms with van der Waals surface area (Å²) in [5, 5.41) is 13.0. The molecule has 3 aromatic rings. The van der Waals surface area contributed by atoms with Crippen LogP contribution < -0.4 is 14.7 Å². The lowest BCUT2D eigenvalue weighted by Gasteiger charge is -2.41. The van der Waals surface area contributed by atoms with Gasteiger partial charge >= 0.3 is 6.09 Å². The Labute approximate surface area is 259 Å². The molecule has 0 N–H and O–H groups in total. The highest BCUT2D eigenvalue weighted by atomic mass is 16.6. The number of hydrogen-bond acceptors (Lipinski definition) is 8. The van der Waals surface area contributed by atoms with Gasteiger partial charge in [0.2, 0.25) is 5.91 Å². The third kappa shape index (κ3) is 5.83. The van der Waals surface area contributed by atoms with Gasteiger partial charge in [-0.1, -0.05) is 36.4 Å². The molecule has 0 aliphatic carbocycles. The van der Waals surface area contributed by atoms with Crippen molar-refractivity contribution >= 4 is 40.1 Å². The average molecular weight is 596 g/mol. The molecule has 3 aliphatic rings. The van der Waals surface area contributed by atoms with Crippen molar-refractivity contribution in [3.8, 4) is 6.07 Å². The van der Waals surface area contributed by atoms with Crippen LogP contribution in [-0.4, -0.2) is 91.3 Å². The zero-order valence-electron chi connectivity index (χ0n) is 26.2. The Bertz CT molecular complexity index is 1600. The van der Waals surface area contributed by atoms with E-state index in [0.717, 1.165) is 29.9 Å². The second-order valence-corrected chi connectivity index (χ2v) is 12.8. The SMILES string of the molecule is CC(=O)N1CCN(c2nc(N3CCN(C(=O)OC(C)(C)C)CC3)c3c(c2C#N)CN(c2cccc4ccccc24)CC3)CC1. The van der Waals surface area contributed by atoms with Crippen LogP contribution in [0.25, 0.3) is 10.8 Å². The maximum atomic E-state index is 12.8. The molecule has 0 radical (unpaired) electrons. The fourth-order valence-corrected chi connectivity index (χ4v) is 6.56. The van der Waals surface area contributed by atoms with Gasteiger partial charge in [0, 0.05) is 89.0 Å². The first kappa shape index (κ1) is 29.5. The molecule has 2 amide bonds. The molecule has 44 heavy (non-hydrogen) atoms. The predicted octanol–water partition coefficient (Wildman–Crippen LogP) is 4.39. The summed E-state index contributed by atoms with van der Waals surface area (Å²) in [5.74, 6) is 1.67. The van der Waals surface area contributed by atoms with E-state index in [1.807, 2.05) is 25.7 Å². The van der Waals surface area contributed by atoms with Gasteiger partial charge in [0.1, 0.15) is 23.3 Å². The number of carbonyl (C=O) groups excluding carboxylic acids is 2. The van der Waals surface area contributed by atoms with E-state index in [1.165, 1.54) is 16.5 Å². The van der Waals surface area contributed by atoms with E-state index in [0.29, 0.717) is 70.3 Å². The van der Waals surface area contributed by atoms with Crippen LogP contribution in [-0.2, 0) is 22.5 Å². The van der Waals surface area contributed by atoms with Crippen molar-refractivity contribution < 1.29 is 14.3 Å². The van der Waals surface area contributed by atoms with E-state index in [1.54, 1.807) is 11.8 Å². The summed E-state index contributed by atoms with van der Waals surface area (Å²) in [7, 11) is 0. The highest BCUT2D eigenvalue weighted by molar-refractivity contribution is 5.94. The van der Waals surface area contributed by atoms with E-state index in [2.05, 4.69) is 63.2 Å². The van der Waals surface area contributed by atoms with Gasteiger partial charge in [0.15, 0.2) is 0 Å². The molecule has 0 spiro atoms. The second-order valence-electron chi connectivity index (χ2n) is 12.8. The normalized spacial score (nSPS) is 17.4. The third-order valence-corrected chi connectivity index (χ3v) is 8.83. The average Bonchev–Trinajstić information content (AvgIpc) is 3.02. The van der Waals surface area contributed by atoms with Crippen molar-refractivity contribution in [1.29, 1.82) is 5.26 Å². The van der Waals surface area contributed by atoms with Crippen molar-refractivity contribution in [1.82, 2.24) is 14.8 Å². The zero-order valence-corrected chi connectivity index (χ0v) is 26.2. The number of carbonyl (C=O) groups is 2. The predicted molar refractivity (Wildman–Crippen MR) is 172 cm³/mol. The number of anilines is 3. The fraction of sp³-hybridized carbons (Fsp3) is 0.471. The zero-order chi connectivity index (χ0) is 31.0. The van der Waals surface area contributed by atoms with Gasteiger partial charge < -0.3 is 29.2 Å². The number of fused-ring (bicyclic) bond motifs is 2. The minimum atomic E-state index is -0.542. The number of benzene rings is 2. The fourth-order valence-electron chi connectivity index (χ4n) is 6.56. The molecule has 1 aromatic heterocycles. The Hall–Kier alpha value is -4.52. The summed E-state index contributed by atoms with van der Waals surface area (Å²) in [5.41, 5.74) is 3.39. The number of nitriles is 1. The molecule has 0 bridgehead atoms. The Morgan fingerprint density at radius 3 is 2.09 bits per heavy atom. The molecule has 2 aromatic carbocycles. The lowest BCUT2D eigenvalue weighted by atomic mass is 9.94. The van der Waals surface area contributed by atoms with Crippen LogP contribution in [0.5, 0.6) is 0 Å². The molecule has 10 heteroatoms. The molecule has 2 fully saturated rings. The summed E-state index contributed by atoms with van der Waals surface area (Å²) >= 11 is 0. The van der Waals surface area contributed by atoms with Crippen molar-refractivity contribution in [3.63, 3.8) is 0 Å². The van der Waals surface area contributed by atoms with Crippen LogP contribution in [0.4, 0.5) is 22.1 Å². The first-order valence-electron chi connectivity index (χ1n) is 15.5. The molecule has 230 valence electrons. The van der Waals surface area contributed by atoms with Crippen molar-refractivity contribution in [2.75, 3.05) is 73.6 Å². The van der Waals surface area contributed by atoms with Gasteiger partial charge in [-0.15, -0.1) is 0 Å². The minimum absolute atomic E-state index is 0.0674. The summed E-state index contributed by atoms with van der Waals surface area (Å²) < 4.78 is 5.62. The second kappa shape index (κ2) is 11.9. The van der Waals surface area contributed by atoms with Crippen molar-refractivity contribution in [3.05, 3.63) is 59.2 Å². The summed E-state index contributed by atoms with van der Waals surface area (Å²) in [6.07, 6.45) is 0.474. The van der Waals surface area contributed by atoms with Gasteiger partial charge in [-0.05, 0) is 44.2 Å². The molecule has 10 nitrogen and oxygen atoms in total. The number of ether oxygens (including phenoxy) is 1. The van der Waals surface area contributed by atoms with E-state index in [4.69, 9.17) is 9.72 Å².